The van der Waals surface area contributed by atoms with Crippen molar-refractivity contribution >= 4 is 5.65 Å². The Balaban J connectivity index is 1.28. The van der Waals surface area contributed by atoms with Crippen molar-refractivity contribution in [2.75, 3.05) is 19.6 Å². The molecule has 0 aliphatic carbocycles. The van der Waals surface area contributed by atoms with E-state index in [2.05, 4.69) is 59.5 Å². The van der Waals surface area contributed by atoms with E-state index in [1.54, 1.807) is 0 Å². The molecule has 0 radical (unpaired) electrons. The van der Waals surface area contributed by atoms with E-state index in [-0.39, 0.29) is 0 Å². The summed E-state index contributed by atoms with van der Waals surface area (Å²) in [6, 6.07) is 6.29. The van der Waals surface area contributed by atoms with Gasteiger partial charge < -0.3 is 14.3 Å². The van der Waals surface area contributed by atoms with E-state index in [0.717, 1.165) is 63.6 Å². The summed E-state index contributed by atoms with van der Waals surface area (Å²) in [7, 11) is 0. The van der Waals surface area contributed by atoms with E-state index in [9.17, 15) is 0 Å². The van der Waals surface area contributed by atoms with E-state index >= 15 is 0 Å². The van der Waals surface area contributed by atoms with Crippen LogP contribution in [0.4, 0.5) is 0 Å². The van der Waals surface area contributed by atoms with Gasteiger partial charge in [0.05, 0.1) is 18.4 Å². The molecule has 0 amide bonds. The lowest BCUT2D eigenvalue weighted by atomic mass is 9.95. The summed E-state index contributed by atoms with van der Waals surface area (Å²) in [6.45, 7) is 8.17. The highest BCUT2D eigenvalue weighted by molar-refractivity contribution is 5.42. The fraction of sp³-hybridized carbons (Fsp3) is 0.526. The van der Waals surface area contributed by atoms with E-state index in [1.807, 2.05) is 6.20 Å². The summed E-state index contributed by atoms with van der Waals surface area (Å²) >= 11 is 0. The fourth-order valence-corrected chi connectivity index (χ4v) is 4.38. The number of imidazole rings is 1. The van der Waals surface area contributed by atoms with Crippen LogP contribution in [0.2, 0.25) is 0 Å². The molecule has 2 aliphatic heterocycles. The van der Waals surface area contributed by atoms with E-state index in [1.165, 1.54) is 17.2 Å². The van der Waals surface area contributed by atoms with E-state index < -0.39 is 0 Å². The van der Waals surface area contributed by atoms with Crippen molar-refractivity contribution in [3.05, 3.63) is 47.4 Å². The van der Waals surface area contributed by atoms with Crippen molar-refractivity contribution in [3.8, 4) is 0 Å². The minimum absolute atomic E-state index is 0.537. The minimum Gasteiger partial charge on any atom is -0.312 e. The molecule has 0 spiro atoms. The van der Waals surface area contributed by atoms with Crippen LogP contribution >= 0.6 is 0 Å². The Bertz CT molecular complexity index is 917. The molecule has 136 valence electrons. The smallest absolute Gasteiger partial charge is 0.147 e. The third-order valence-corrected chi connectivity index (χ3v) is 5.79. The Labute approximate surface area is 153 Å². The Kier molecular flexibility index (Phi) is 3.98. The molecule has 5 rings (SSSR count). The zero-order valence-corrected chi connectivity index (χ0v) is 15.2. The summed E-state index contributed by atoms with van der Waals surface area (Å²) in [6.07, 6.45) is 4.33. The second-order valence-electron chi connectivity index (χ2n) is 7.46. The van der Waals surface area contributed by atoms with Crippen molar-refractivity contribution in [1.29, 1.82) is 0 Å². The highest BCUT2D eigenvalue weighted by Crippen LogP contribution is 2.28. The zero-order valence-electron chi connectivity index (χ0n) is 15.2. The number of rotatable bonds is 3. The average molecular weight is 351 g/mol. The van der Waals surface area contributed by atoms with E-state index in [0.29, 0.717) is 5.92 Å². The molecule has 0 bridgehead atoms. The van der Waals surface area contributed by atoms with Crippen molar-refractivity contribution in [2.24, 2.45) is 0 Å². The number of likely N-dealkylation sites (tertiary alicyclic amines) is 1. The first kappa shape index (κ1) is 16.0. The first-order valence-electron chi connectivity index (χ1n) is 9.56. The van der Waals surface area contributed by atoms with Gasteiger partial charge in [-0.3, -0.25) is 4.90 Å². The number of fused-ring (bicyclic) bond motifs is 2. The molecule has 5 heterocycles. The standard InChI is InChI=1S/C19H25N7/c1-14-3-2-4-17-21-11-16(26(14)17)13-24-8-5-15(6-9-24)19-23-22-18-12-20-7-10-25(18)19/h2-4,11,15,20H,5-10,12-13H2,1H3. The van der Waals surface area contributed by atoms with Crippen molar-refractivity contribution in [3.63, 3.8) is 0 Å². The lowest BCUT2D eigenvalue weighted by molar-refractivity contribution is 0.197. The van der Waals surface area contributed by atoms with Crippen LogP contribution in [-0.4, -0.2) is 48.7 Å². The molecule has 7 nitrogen and oxygen atoms in total. The summed E-state index contributed by atoms with van der Waals surface area (Å²) < 4.78 is 4.61. The van der Waals surface area contributed by atoms with Crippen LogP contribution in [0.25, 0.3) is 5.65 Å². The molecule has 3 aromatic heterocycles. The quantitative estimate of drug-likeness (QED) is 0.778. The average Bonchev–Trinajstić information content (AvgIpc) is 3.28. The molecule has 0 aromatic carbocycles. The highest BCUT2D eigenvalue weighted by Gasteiger charge is 2.27. The predicted octanol–water partition coefficient (Wildman–Crippen LogP) is 1.72. The molecule has 7 heteroatoms. The first-order valence-corrected chi connectivity index (χ1v) is 9.56. The lowest BCUT2D eigenvalue weighted by Gasteiger charge is -2.32. The molecule has 1 N–H and O–H groups in total. The second-order valence-corrected chi connectivity index (χ2v) is 7.46. The van der Waals surface area contributed by atoms with Crippen molar-refractivity contribution in [2.45, 2.75) is 45.3 Å². The Morgan fingerprint density at radius 2 is 2.04 bits per heavy atom. The molecular weight excluding hydrogens is 326 g/mol. The van der Waals surface area contributed by atoms with Gasteiger partial charge in [-0.05, 0) is 45.0 Å². The van der Waals surface area contributed by atoms with Gasteiger partial charge in [-0.15, -0.1) is 10.2 Å². The van der Waals surface area contributed by atoms with Gasteiger partial charge in [0.25, 0.3) is 0 Å². The van der Waals surface area contributed by atoms with Gasteiger partial charge in [0.15, 0.2) is 0 Å². The lowest BCUT2D eigenvalue weighted by Crippen LogP contribution is -2.35. The third kappa shape index (κ3) is 2.71. The summed E-state index contributed by atoms with van der Waals surface area (Å²) in [5.74, 6) is 2.83. The molecule has 2 aliphatic rings. The summed E-state index contributed by atoms with van der Waals surface area (Å²) in [4.78, 5) is 7.10. The van der Waals surface area contributed by atoms with Gasteiger partial charge in [-0.2, -0.15) is 0 Å². The molecule has 26 heavy (non-hydrogen) atoms. The van der Waals surface area contributed by atoms with Gasteiger partial charge in [-0.25, -0.2) is 4.98 Å². The monoisotopic (exact) mass is 351 g/mol. The number of hydrogen-bond acceptors (Lipinski definition) is 5. The van der Waals surface area contributed by atoms with E-state index in [4.69, 9.17) is 0 Å². The maximum absolute atomic E-state index is 4.56. The summed E-state index contributed by atoms with van der Waals surface area (Å²) in [5, 5.41) is 12.3. The fourth-order valence-electron chi connectivity index (χ4n) is 4.38. The molecule has 1 fully saturated rings. The van der Waals surface area contributed by atoms with Crippen LogP contribution in [-0.2, 0) is 19.6 Å². The van der Waals surface area contributed by atoms with Gasteiger partial charge in [0, 0.05) is 31.2 Å². The molecule has 0 saturated carbocycles. The first-order chi connectivity index (χ1) is 12.8. The van der Waals surface area contributed by atoms with Gasteiger partial charge in [0.1, 0.15) is 17.3 Å². The number of nitrogens with one attached hydrogen (secondary N) is 1. The number of aryl methyl sites for hydroxylation is 1. The number of aromatic nitrogens is 5. The Morgan fingerprint density at radius 1 is 1.15 bits per heavy atom. The molecule has 0 atom stereocenters. The summed E-state index contributed by atoms with van der Waals surface area (Å²) in [5.41, 5.74) is 3.56. The predicted molar refractivity (Wildman–Crippen MR) is 98.9 cm³/mol. The molecule has 1 saturated heterocycles. The SMILES string of the molecule is Cc1cccc2ncc(CN3CCC(c4nnc5n4CCNC5)CC3)n12. The number of piperidine rings is 1. The Morgan fingerprint density at radius 3 is 2.92 bits per heavy atom. The second kappa shape index (κ2) is 6.48. The minimum atomic E-state index is 0.537. The van der Waals surface area contributed by atoms with Crippen LogP contribution in [0, 0.1) is 6.92 Å². The maximum Gasteiger partial charge on any atom is 0.147 e. The van der Waals surface area contributed by atoms with Crippen molar-refractivity contribution < 1.29 is 0 Å². The third-order valence-electron chi connectivity index (χ3n) is 5.79. The van der Waals surface area contributed by atoms with Gasteiger partial charge in [0.2, 0.25) is 0 Å². The normalized spacial score (nSPS) is 19.1. The molecule has 0 unspecified atom stereocenters. The Hall–Kier alpha value is -2.25. The number of pyridine rings is 1. The van der Waals surface area contributed by atoms with Crippen LogP contribution in [0.15, 0.2) is 24.4 Å². The maximum atomic E-state index is 4.56. The topological polar surface area (TPSA) is 63.3 Å². The van der Waals surface area contributed by atoms with Gasteiger partial charge in [-0.1, -0.05) is 6.07 Å². The zero-order chi connectivity index (χ0) is 17.5. The van der Waals surface area contributed by atoms with Crippen LogP contribution in [0.1, 0.15) is 41.8 Å². The van der Waals surface area contributed by atoms with Gasteiger partial charge >= 0.3 is 0 Å². The van der Waals surface area contributed by atoms with Crippen LogP contribution in [0.3, 0.4) is 0 Å². The number of nitrogens with zero attached hydrogens (tertiary/aromatic N) is 6. The number of hydrogen-bond donors (Lipinski definition) is 1. The van der Waals surface area contributed by atoms with Crippen LogP contribution in [0.5, 0.6) is 0 Å². The highest BCUT2D eigenvalue weighted by atomic mass is 15.3. The largest absolute Gasteiger partial charge is 0.312 e. The molecule has 3 aromatic rings. The molecular formula is C19H25N7. The van der Waals surface area contributed by atoms with Crippen LogP contribution < -0.4 is 5.32 Å². The van der Waals surface area contributed by atoms with Crippen molar-refractivity contribution in [1.82, 2.24) is 34.4 Å².